The maximum absolute atomic E-state index is 10.6. The van der Waals surface area contributed by atoms with Gasteiger partial charge in [0.15, 0.2) is 0 Å². The van der Waals surface area contributed by atoms with Gasteiger partial charge in [0.1, 0.15) is 0 Å². The lowest BCUT2D eigenvalue weighted by Gasteiger charge is -2.03. The Labute approximate surface area is 63.4 Å². The fourth-order valence-corrected chi connectivity index (χ4v) is 0.959. The quantitative estimate of drug-likeness (QED) is 0.584. The molecule has 5 heteroatoms. The lowest BCUT2D eigenvalue weighted by atomic mass is 10.5. The molecule has 0 aliphatic rings. The molecule has 0 saturated heterocycles. The van der Waals surface area contributed by atoms with E-state index in [1.807, 2.05) is 6.92 Å². The third-order valence-corrected chi connectivity index (χ3v) is 1.55. The van der Waals surface area contributed by atoms with Gasteiger partial charge >= 0.3 is 0 Å². The summed E-state index contributed by atoms with van der Waals surface area (Å²) in [6, 6.07) is 0. The van der Waals surface area contributed by atoms with Crippen LogP contribution in [0.3, 0.4) is 0 Å². The molecule has 10 heavy (non-hydrogen) atoms. The highest BCUT2D eigenvalue weighted by Gasteiger charge is 1.99. The van der Waals surface area contributed by atoms with Crippen LogP contribution in [0.2, 0.25) is 0 Å². The number of hydrogen-bond donors (Lipinski definition) is 2. The summed E-state index contributed by atoms with van der Waals surface area (Å²) in [6.45, 7) is 4.08. The molecule has 0 radical (unpaired) electrons. The number of aliphatic hydroxyl groups is 1. The zero-order chi connectivity index (χ0) is 7.98. The summed E-state index contributed by atoms with van der Waals surface area (Å²) in [5.74, 6) is 0. The van der Waals surface area contributed by atoms with Crippen LogP contribution in [0.5, 0.6) is 0 Å². The van der Waals surface area contributed by atoms with Gasteiger partial charge in [-0.3, -0.25) is 4.18 Å². The van der Waals surface area contributed by atoms with Crippen molar-refractivity contribution in [3.05, 3.63) is 0 Å². The molecule has 0 amide bonds. The first-order valence-corrected chi connectivity index (χ1v) is 4.21. The number of hydrogen-bond acceptors (Lipinski definition) is 3. The second kappa shape index (κ2) is 5.79. The van der Waals surface area contributed by atoms with E-state index >= 15 is 0 Å². The Hall–Kier alpha value is 0.0300. The molecule has 0 fully saturated rings. The minimum atomic E-state index is -1.45. The molecule has 0 heterocycles. The Morgan fingerprint density at radius 2 is 2.40 bits per heavy atom. The average molecular weight is 167 g/mol. The Balaban J connectivity index is 3.22. The van der Waals surface area contributed by atoms with Gasteiger partial charge in [0, 0.05) is 6.54 Å². The molecule has 0 spiro atoms. The highest BCUT2D eigenvalue weighted by molar-refractivity contribution is 7.78. The van der Waals surface area contributed by atoms with Crippen molar-refractivity contribution in [2.45, 2.75) is 20.0 Å². The summed E-state index contributed by atoms with van der Waals surface area (Å²) in [6.07, 6.45) is -0.567. The Bertz CT molecular complexity index is 107. The number of nitrogens with one attached hydrogen (secondary N) is 1. The average Bonchev–Trinajstić information content (AvgIpc) is 1.85. The van der Waals surface area contributed by atoms with Gasteiger partial charge < -0.3 is 5.11 Å². The zero-order valence-corrected chi connectivity index (χ0v) is 6.98. The summed E-state index contributed by atoms with van der Waals surface area (Å²) >= 11 is -1.45. The lowest BCUT2D eigenvalue weighted by molar-refractivity contribution is 0.130. The maximum atomic E-state index is 10.6. The molecule has 0 aromatic heterocycles. The maximum Gasteiger partial charge on any atom is 0.234 e. The van der Waals surface area contributed by atoms with E-state index < -0.39 is 17.4 Å². The molecule has 0 aromatic rings. The molecule has 0 rings (SSSR count). The van der Waals surface area contributed by atoms with Crippen molar-refractivity contribution in [3.63, 3.8) is 0 Å². The van der Waals surface area contributed by atoms with E-state index in [2.05, 4.69) is 8.91 Å². The van der Waals surface area contributed by atoms with Gasteiger partial charge in [0.25, 0.3) is 0 Å². The molecular weight excluding hydrogens is 154 g/mol. The molecule has 0 saturated carbocycles. The standard InChI is InChI=1S/C5H13NO3S/c1-3-6-10(8)9-4-5(2)7/h5-7H,3-4H2,1-2H3. The summed E-state index contributed by atoms with van der Waals surface area (Å²) in [5, 5.41) is 8.68. The molecule has 2 N–H and O–H groups in total. The minimum Gasteiger partial charge on any atom is -0.391 e. The second-order valence-corrected chi connectivity index (χ2v) is 2.86. The number of rotatable bonds is 5. The van der Waals surface area contributed by atoms with Crippen molar-refractivity contribution in [1.29, 1.82) is 0 Å². The van der Waals surface area contributed by atoms with Crippen LogP contribution in [0.1, 0.15) is 13.8 Å². The first-order valence-electron chi connectivity index (χ1n) is 3.13. The van der Waals surface area contributed by atoms with E-state index in [1.54, 1.807) is 6.92 Å². The van der Waals surface area contributed by atoms with Gasteiger partial charge in [-0.15, -0.1) is 0 Å². The van der Waals surface area contributed by atoms with Crippen molar-refractivity contribution in [2.75, 3.05) is 13.2 Å². The Morgan fingerprint density at radius 3 is 2.80 bits per heavy atom. The summed E-state index contributed by atoms with van der Waals surface area (Å²) in [7, 11) is 0. The van der Waals surface area contributed by atoms with Crippen LogP contribution in [0.4, 0.5) is 0 Å². The van der Waals surface area contributed by atoms with Crippen LogP contribution in [-0.4, -0.2) is 28.6 Å². The van der Waals surface area contributed by atoms with Gasteiger partial charge in [0.2, 0.25) is 11.3 Å². The topological polar surface area (TPSA) is 58.6 Å². The molecular formula is C5H13NO3S. The van der Waals surface area contributed by atoms with Crippen molar-refractivity contribution < 1.29 is 13.5 Å². The van der Waals surface area contributed by atoms with Crippen LogP contribution in [0.25, 0.3) is 0 Å². The molecule has 2 unspecified atom stereocenters. The van der Waals surface area contributed by atoms with Gasteiger partial charge in [0.05, 0.1) is 12.7 Å². The van der Waals surface area contributed by atoms with Gasteiger partial charge in [-0.05, 0) is 6.92 Å². The van der Waals surface area contributed by atoms with E-state index in [0.717, 1.165) is 0 Å². The molecule has 0 bridgehead atoms. The monoisotopic (exact) mass is 167 g/mol. The van der Waals surface area contributed by atoms with Crippen molar-refractivity contribution in [3.8, 4) is 0 Å². The van der Waals surface area contributed by atoms with E-state index in [-0.39, 0.29) is 6.61 Å². The molecule has 0 aromatic carbocycles. The van der Waals surface area contributed by atoms with E-state index in [1.165, 1.54) is 0 Å². The van der Waals surface area contributed by atoms with Crippen molar-refractivity contribution in [1.82, 2.24) is 4.72 Å². The van der Waals surface area contributed by atoms with Crippen molar-refractivity contribution >= 4 is 11.3 Å². The summed E-state index contributed by atoms with van der Waals surface area (Å²) < 4.78 is 17.8. The predicted octanol–water partition coefficient (Wildman–Crippen LogP) is -0.428. The van der Waals surface area contributed by atoms with Crippen LogP contribution < -0.4 is 4.72 Å². The summed E-state index contributed by atoms with van der Waals surface area (Å²) in [4.78, 5) is 0. The van der Waals surface area contributed by atoms with Gasteiger partial charge in [-0.25, -0.2) is 8.93 Å². The predicted molar refractivity (Wildman–Crippen MR) is 39.5 cm³/mol. The third-order valence-electron chi connectivity index (χ3n) is 0.678. The Morgan fingerprint density at radius 1 is 1.80 bits per heavy atom. The highest BCUT2D eigenvalue weighted by atomic mass is 32.2. The molecule has 2 atom stereocenters. The largest absolute Gasteiger partial charge is 0.391 e. The first-order chi connectivity index (χ1) is 4.66. The Kier molecular flexibility index (Phi) is 5.81. The SMILES string of the molecule is CCNS(=O)OCC(C)O. The van der Waals surface area contributed by atoms with Crippen LogP contribution in [0, 0.1) is 0 Å². The lowest BCUT2D eigenvalue weighted by Crippen LogP contribution is -2.22. The van der Waals surface area contributed by atoms with Crippen LogP contribution in [0.15, 0.2) is 0 Å². The minimum absolute atomic E-state index is 0.0968. The molecule has 62 valence electrons. The third kappa shape index (κ3) is 6.15. The van der Waals surface area contributed by atoms with Crippen molar-refractivity contribution in [2.24, 2.45) is 0 Å². The molecule has 0 aliphatic carbocycles. The van der Waals surface area contributed by atoms with E-state index in [0.29, 0.717) is 6.54 Å². The fraction of sp³-hybridized carbons (Fsp3) is 1.00. The molecule has 0 aliphatic heterocycles. The summed E-state index contributed by atoms with van der Waals surface area (Å²) in [5.41, 5.74) is 0. The normalized spacial score (nSPS) is 16.7. The second-order valence-electron chi connectivity index (χ2n) is 1.87. The number of aliphatic hydroxyl groups excluding tert-OH is 1. The highest BCUT2D eigenvalue weighted by Crippen LogP contribution is 1.84. The van der Waals surface area contributed by atoms with Gasteiger partial charge in [-0.2, -0.15) is 0 Å². The smallest absolute Gasteiger partial charge is 0.234 e. The van der Waals surface area contributed by atoms with Crippen LogP contribution in [-0.2, 0) is 15.4 Å². The van der Waals surface area contributed by atoms with E-state index in [4.69, 9.17) is 5.11 Å². The van der Waals surface area contributed by atoms with E-state index in [9.17, 15) is 4.21 Å². The fourth-order valence-electron chi connectivity index (χ4n) is 0.320. The van der Waals surface area contributed by atoms with Crippen LogP contribution >= 0.6 is 0 Å². The van der Waals surface area contributed by atoms with Gasteiger partial charge in [-0.1, -0.05) is 6.92 Å². The first kappa shape index (κ1) is 10.0. The molecule has 4 nitrogen and oxygen atoms in total. The zero-order valence-electron chi connectivity index (χ0n) is 6.16.